The minimum atomic E-state index is 1.10. The van der Waals surface area contributed by atoms with Crippen molar-refractivity contribution in [3.63, 3.8) is 0 Å². The Hall–Kier alpha value is -3.82. The fraction of sp³-hybridized carbons (Fsp3) is 0. The molecule has 0 fully saturated rings. The van der Waals surface area contributed by atoms with E-state index in [-0.39, 0.29) is 0 Å². The molecular weight excluding hydrogens is 468 g/mol. The highest BCUT2D eigenvalue weighted by molar-refractivity contribution is 9.10. The third-order valence-electron chi connectivity index (χ3n) is 6.55. The van der Waals surface area contributed by atoms with Crippen molar-refractivity contribution < 1.29 is 0 Å². The lowest BCUT2D eigenvalue weighted by molar-refractivity contribution is 1.17. The lowest BCUT2D eigenvalue weighted by Gasteiger charge is -2.11. The molecule has 2 nitrogen and oxygen atoms in total. The van der Waals surface area contributed by atoms with Crippen LogP contribution < -0.4 is 0 Å². The Kier molecular flexibility index (Phi) is 4.02. The van der Waals surface area contributed by atoms with Crippen LogP contribution in [0.3, 0.4) is 0 Å². The maximum atomic E-state index is 3.97. The lowest BCUT2D eigenvalue weighted by atomic mass is 10.1. The van der Waals surface area contributed by atoms with Crippen molar-refractivity contribution in [2.24, 2.45) is 0 Å². The number of nitrogens with zero attached hydrogens (tertiary/aromatic N) is 2. The summed E-state index contributed by atoms with van der Waals surface area (Å²) in [4.78, 5) is 0. The molecule has 0 atom stereocenters. The molecule has 0 spiro atoms. The van der Waals surface area contributed by atoms with Gasteiger partial charge in [-0.2, -0.15) is 0 Å². The summed E-state index contributed by atoms with van der Waals surface area (Å²) in [7, 11) is 0. The van der Waals surface area contributed by atoms with Gasteiger partial charge in [-0.05, 0) is 58.4 Å². The van der Waals surface area contributed by atoms with Crippen molar-refractivity contribution in [2.75, 3.05) is 0 Å². The van der Waals surface area contributed by atoms with Crippen LogP contribution in [0.5, 0.6) is 0 Å². The molecule has 33 heavy (non-hydrogen) atoms. The molecule has 0 saturated carbocycles. The first-order valence-electron chi connectivity index (χ1n) is 11.1. The van der Waals surface area contributed by atoms with Crippen molar-refractivity contribution in [1.82, 2.24) is 9.13 Å². The van der Waals surface area contributed by atoms with Gasteiger partial charge in [-0.1, -0.05) is 72.8 Å². The largest absolute Gasteiger partial charge is 0.309 e. The number of fused-ring (bicyclic) bond motifs is 7. The minimum absolute atomic E-state index is 1.10. The SMILES string of the molecule is Brc1cc2c3ccccc3n(-c3ccccc3)c2c2c3ccccc3n(-c3ccccc3)c12. The standard InChI is InChI=1S/C30H19BrN2/c31-25-19-24-22-15-7-9-17-26(22)32(20-11-3-1-4-12-20)29(24)28-23-16-8-10-18-27(23)33(30(25)28)21-13-5-2-6-14-21/h1-19H. The van der Waals surface area contributed by atoms with E-state index >= 15 is 0 Å². The summed E-state index contributed by atoms with van der Waals surface area (Å²) in [6.45, 7) is 0. The maximum Gasteiger partial charge on any atom is 0.0704 e. The number of benzene rings is 5. The Morgan fingerprint density at radius 1 is 0.455 bits per heavy atom. The van der Waals surface area contributed by atoms with Gasteiger partial charge in [0.05, 0.1) is 22.1 Å². The molecular formula is C30H19BrN2. The highest BCUT2D eigenvalue weighted by Gasteiger charge is 2.22. The van der Waals surface area contributed by atoms with E-state index in [0.717, 1.165) is 10.2 Å². The van der Waals surface area contributed by atoms with Crippen molar-refractivity contribution in [3.8, 4) is 11.4 Å². The highest BCUT2D eigenvalue weighted by Crippen LogP contribution is 2.44. The number of halogens is 1. The second-order valence-corrected chi connectivity index (χ2v) is 9.21. The second-order valence-electron chi connectivity index (χ2n) is 8.35. The zero-order valence-corrected chi connectivity index (χ0v) is 19.3. The van der Waals surface area contributed by atoms with Crippen molar-refractivity contribution in [1.29, 1.82) is 0 Å². The molecule has 3 heteroatoms. The summed E-state index contributed by atoms with van der Waals surface area (Å²) in [5.41, 5.74) is 7.18. The molecule has 7 aromatic rings. The van der Waals surface area contributed by atoms with Crippen LogP contribution in [-0.2, 0) is 0 Å². The summed E-state index contributed by atoms with van der Waals surface area (Å²) in [6.07, 6.45) is 0. The summed E-state index contributed by atoms with van der Waals surface area (Å²) < 4.78 is 5.89. The first-order chi connectivity index (χ1) is 16.3. The molecule has 0 saturated heterocycles. The molecule has 0 amide bonds. The van der Waals surface area contributed by atoms with Gasteiger partial charge in [0.25, 0.3) is 0 Å². The average molecular weight is 487 g/mol. The minimum Gasteiger partial charge on any atom is -0.309 e. The zero-order valence-electron chi connectivity index (χ0n) is 17.7. The number of rotatable bonds is 2. The molecule has 0 unspecified atom stereocenters. The summed E-state index contributed by atoms with van der Waals surface area (Å²) in [5.74, 6) is 0. The van der Waals surface area contributed by atoms with E-state index in [1.54, 1.807) is 0 Å². The van der Waals surface area contributed by atoms with Crippen molar-refractivity contribution >= 4 is 59.5 Å². The van der Waals surface area contributed by atoms with Gasteiger partial charge in [-0.25, -0.2) is 0 Å². The molecule has 0 N–H and O–H groups in total. The van der Waals surface area contributed by atoms with Crippen LogP contribution in [-0.4, -0.2) is 9.13 Å². The first-order valence-corrected chi connectivity index (χ1v) is 11.9. The van der Waals surface area contributed by atoms with Crippen LogP contribution in [0, 0.1) is 0 Å². The Morgan fingerprint density at radius 3 is 1.58 bits per heavy atom. The topological polar surface area (TPSA) is 9.86 Å². The first kappa shape index (κ1) is 18.7. The molecule has 2 aromatic heterocycles. The predicted octanol–water partition coefficient (Wildman–Crippen LogP) is 8.64. The zero-order chi connectivity index (χ0) is 21.9. The van der Waals surface area contributed by atoms with Crippen LogP contribution in [0.2, 0.25) is 0 Å². The van der Waals surface area contributed by atoms with Crippen molar-refractivity contribution in [2.45, 2.75) is 0 Å². The Bertz CT molecular complexity index is 1810. The Morgan fingerprint density at radius 2 is 0.939 bits per heavy atom. The van der Waals surface area contributed by atoms with E-state index in [1.807, 2.05) is 0 Å². The quantitative estimate of drug-likeness (QED) is 0.231. The van der Waals surface area contributed by atoms with E-state index in [1.165, 1.54) is 49.3 Å². The van der Waals surface area contributed by atoms with Crippen LogP contribution >= 0.6 is 15.9 Å². The number of para-hydroxylation sites is 4. The van der Waals surface area contributed by atoms with Gasteiger partial charge < -0.3 is 9.13 Å². The van der Waals surface area contributed by atoms with Gasteiger partial charge in [-0.15, -0.1) is 0 Å². The van der Waals surface area contributed by atoms with Gasteiger partial charge in [0.1, 0.15) is 0 Å². The number of hydrogen-bond acceptors (Lipinski definition) is 0. The van der Waals surface area contributed by atoms with Crippen LogP contribution in [0.1, 0.15) is 0 Å². The van der Waals surface area contributed by atoms with Gasteiger partial charge in [0.2, 0.25) is 0 Å². The molecule has 0 aliphatic rings. The molecule has 0 radical (unpaired) electrons. The predicted molar refractivity (Wildman–Crippen MR) is 143 cm³/mol. The van der Waals surface area contributed by atoms with Gasteiger partial charge >= 0.3 is 0 Å². The van der Waals surface area contributed by atoms with E-state index in [2.05, 4.69) is 140 Å². The molecule has 156 valence electrons. The fourth-order valence-electron chi connectivity index (χ4n) is 5.25. The summed E-state index contributed by atoms with van der Waals surface area (Å²) >= 11 is 3.97. The van der Waals surface area contributed by atoms with Crippen LogP contribution in [0.25, 0.3) is 55.0 Å². The molecule has 0 bridgehead atoms. The fourth-order valence-corrected chi connectivity index (χ4v) is 5.85. The molecule has 5 aromatic carbocycles. The van der Waals surface area contributed by atoms with Crippen LogP contribution in [0.15, 0.2) is 120 Å². The van der Waals surface area contributed by atoms with E-state index < -0.39 is 0 Å². The van der Waals surface area contributed by atoms with Crippen LogP contribution in [0.4, 0.5) is 0 Å². The highest BCUT2D eigenvalue weighted by atomic mass is 79.9. The number of hydrogen-bond donors (Lipinski definition) is 0. The molecule has 2 heterocycles. The lowest BCUT2D eigenvalue weighted by Crippen LogP contribution is -1.95. The monoisotopic (exact) mass is 486 g/mol. The Labute approximate surface area is 199 Å². The molecule has 0 aliphatic carbocycles. The summed E-state index contributed by atoms with van der Waals surface area (Å²) in [5, 5.41) is 5.03. The normalized spacial score (nSPS) is 11.8. The smallest absolute Gasteiger partial charge is 0.0704 e. The third-order valence-corrected chi connectivity index (χ3v) is 7.16. The third kappa shape index (κ3) is 2.60. The number of aromatic nitrogens is 2. The second kappa shape index (κ2) is 7.09. The maximum absolute atomic E-state index is 3.97. The van der Waals surface area contributed by atoms with Gasteiger partial charge in [0.15, 0.2) is 0 Å². The summed E-state index contributed by atoms with van der Waals surface area (Å²) in [6, 6.07) is 41.0. The Balaban J connectivity index is 1.81. The van der Waals surface area contributed by atoms with E-state index in [4.69, 9.17) is 0 Å². The van der Waals surface area contributed by atoms with Gasteiger partial charge in [-0.3, -0.25) is 0 Å². The van der Waals surface area contributed by atoms with E-state index in [0.29, 0.717) is 0 Å². The average Bonchev–Trinajstić information content (AvgIpc) is 3.39. The van der Waals surface area contributed by atoms with Gasteiger partial charge in [0, 0.05) is 37.4 Å². The van der Waals surface area contributed by atoms with Crippen molar-refractivity contribution in [3.05, 3.63) is 120 Å². The van der Waals surface area contributed by atoms with E-state index in [9.17, 15) is 0 Å². The molecule has 0 aliphatic heterocycles. The molecule has 7 rings (SSSR count).